The number of Topliss-reactive ketones (excluding diaryl/α,β-unsaturated/α-hetero) is 3. The van der Waals surface area contributed by atoms with Crippen LogP contribution < -0.4 is 0 Å². The molecule has 1 aliphatic carbocycles. The SMILES string of the molecule is CCOC(=O)C(C(=O)c1cc(C)nn1C)C1(O)C(=O)c2ccccc2C1=O. The molecule has 0 fully saturated rings. The van der Waals surface area contributed by atoms with Crippen LogP contribution in [0.5, 0.6) is 0 Å². The van der Waals surface area contributed by atoms with Gasteiger partial charge in [0.15, 0.2) is 11.7 Å². The Balaban J connectivity index is 2.16. The van der Waals surface area contributed by atoms with Gasteiger partial charge in [-0.25, -0.2) is 0 Å². The fourth-order valence-electron chi connectivity index (χ4n) is 3.34. The zero-order valence-electron chi connectivity index (χ0n) is 15.1. The van der Waals surface area contributed by atoms with E-state index in [0.29, 0.717) is 5.69 Å². The van der Waals surface area contributed by atoms with Gasteiger partial charge in [-0.3, -0.25) is 23.9 Å². The molecule has 0 bridgehead atoms. The van der Waals surface area contributed by atoms with E-state index in [1.807, 2.05) is 0 Å². The van der Waals surface area contributed by atoms with Crippen molar-refractivity contribution in [2.45, 2.75) is 19.4 Å². The second kappa shape index (κ2) is 6.55. The van der Waals surface area contributed by atoms with Gasteiger partial charge in [-0.15, -0.1) is 0 Å². The molecule has 8 nitrogen and oxygen atoms in total. The topological polar surface area (TPSA) is 116 Å². The summed E-state index contributed by atoms with van der Waals surface area (Å²) in [5, 5.41) is 15.1. The minimum atomic E-state index is -2.86. The van der Waals surface area contributed by atoms with Crippen molar-refractivity contribution in [3.63, 3.8) is 0 Å². The van der Waals surface area contributed by atoms with Crippen molar-refractivity contribution >= 4 is 23.3 Å². The maximum Gasteiger partial charge on any atom is 0.320 e. The van der Waals surface area contributed by atoms with Crippen LogP contribution in [0.3, 0.4) is 0 Å². The molecule has 1 heterocycles. The average Bonchev–Trinajstić information content (AvgIpc) is 3.06. The number of ketones is 3. The molecule has 0 amide bonds. The molecular weight excluding hydrogens is 352 g/mol. The lowest BCUT2D eigenvalue weighted by molar-refractivity contribution is -0.150. The van der Waals surface area contributed by atoms with E-state index in [4.69, 9.17) is 4.74 Å². The van der Waals surface area contributed by atoms with Crippen molar-refractivity contribution in [3.8, 4) is 0 Å². The van der Waals surface area contributed by atoms with Gasteiger partial charge in [0.05, 0.1) is 12.3 Å². The van der Waals surface area contributed by atoms with Crippen molar-refractivity contribution in [2.75, 3.05) is 6.61 Å². The number of carbonyl (C=O) groups excluding carboxylic acids is 4. The Labute approximate surface area is 154 Å². The Morgan fingerprint density at radius 3 is 2.22 bits per heavy atom. The van der Waals surface area contributed by atoms with Crippen LogP contribution in [0.1, 0.15) is 43.8 Å². The largest absolute Gasteiger partial charge is 0.465 e. The molecule has 140 valence electrons. The molecule has 1 atom stereocenters. The maximum atomic E-state index is 13.1. The van der Waals surface area contributed by atoms with Crippen molar-refractivity contribution in [1.29, 1.82) is 0 Å². The molecule has 1 aromatic heterocycles. The van der Waals surface area contributed by atoms with Gasteiger partial charge >= 0.3 is 5.97 Å². The highest BCUT2D eigenvalue weighted by Gasteiger charge is 2.62. The number of fused-ring (bicyclic) bond motifs is 1. The van der Waals surface area contributed by atoms with E-state index in [2.05, 4.69) is 5.10 Å². The summed E-state index contributed by atoms with van der Waals surface area (Å²) in [4.78, 5) is 51.4. The first kappa shape index (κ1) is 18.7. The van der Waals surface area contributed by atoms with Crippen LogP contribution >= 0.6 is 0 Å². The Hall–Kier alpha value is -3.13. The fraction of sp³-hybridized carbons (Fsp3) is 0.316. The van der Waals surface area contributed by atoms with E-state index in [1.165, 1.54) is 49.0 Å². The molecule has 27 heavy (non-hydrogen) atoms. The van der Waals surface area contributed by atoms with Crippen molar-refractivity contribution < 1.29 is 29.0 Å². The molecule has 0 radical (unpaired) electrons. The molecule has 0 spiro atoms. The highest BCUT2D eigenvalue weighted by molar-refractivity contribution is 6.36. The summed E-state index contributed by atoms with van der Waals surface area (Å²) in [6.07, 6.45) is 0. The quantitative estimate of drug-likeness (QED) is 0.472. The predicted octanol–water partition coefficient (Wildman–Crippen LogP) is 0.901. The highest BCUT2D eigenvalue weighted by atomic mass is 16.5. The zero-order valence-corrected chi connectivity index (χ0v) is 15.1. The highest BCUT2D eigenvalue weighted by Crippen LogP contribution is 2.37. The van der Waals surface area contributed by atoms with Gasteiger partial charge in [0.1, 0.15) is 5.69 Å². The van der Waals surface area contributed by atoms with E-state index in [9.17, 15) is 24.3 Å². The zero-order chi connectivity index (χ0) is 19.9. The first-order valence-corrected chi connectivity index (χ1v) is 8.36. The van der Waals surface area contributed by atoms with Crippen molar-refractivity contribution in [3.05, 3.63) is 52.8 Å². The molecule has 1 unspecified atom stereocenters. The van der Waals surface area contributed by atoms with Crippen LogP contribution in [0, 0.1) is 12.8 Å². The first-order valence-electron chi connectivity index (χ1n) is 8.36. The van der Waals surface area contributed by atoms with Gasteiger partial charge in [0.2, 0.25) is 17.2 Å². The monoisotopic (exact) mass is 370 g/mol. The third kappa shape index (κ3) is 2.69. The number of aryl methyl sites for hydroxylation is 2. The lowest BCUT2D eigenvalue weighted by atomic mass is 9.79. The number of aliphatic hydroxyl groups is 1. The Morgan fingerprint density at radius 1 is 1.22 bits per heavy atom. The third-order valence-electron chi connectivity index (χ3n) is 4.57. The minimum Gasteiger partial charge on any atom is -0.465 e. The third-order valence-corrected chi connectivity index (χ3v) is 4.57. The minimum absolute atomic E-state index is 0.0180. The molecular formula is C19H18N2O6. The van der Waals surface area contributed by atoms with E-state index >= 15 is 0 Å². The summed E-state index contributed by atoms with van der Waals surface area (Å²) < 4.78 is 6.14. The van der Waals surface area contributed by atoms with E-state index < -0.39 is 34.8 Å². The number of hydrogen-bond donors (Lipinski definition) is 1. The number of ether oxygens (including phenoxy) is 1. The molecule has 0 saturated heterocycles. The molecule has 1 aliphatic rings. The number of esters is 1. The number of benzene rings is 1. The van der Waals surface area contributed by atoms with Crippen LogP contribution in [-0.4, -0.2) is 50.4 Å². The summed E-state index contributed by atoms with van der Waals surface area (Å²) in [5.41, 5.74) is -2.44. The molecule has 8 heteroatoms. The van der Waals surface area contributed by atoms with Gasteiger partial charge in [0, 0.05) is 18.2 Å². The summed E-state index contributed by atoms with van der Waals surface area (Å²) in [7, 11) is 1.49. The van der Waals surface area contributed by atoms with Gasteiger partial charge in [-0.05, 0) is 19.9 Å². The van der Waals surface area contributed by atoms with E-state index in [-0.39, 0.29) is 23.4 Å². The molecule has 1 aromatic carbocycles. The Kier molecular flexibility index (Phi) is 4.52. The van der Waals surface area contributed by atoms with Crippen LogP contribution in [0.4, 0.5) is 0 Å². The van der Waals surface area contributed by atoms with E-state index in [1.54, 1.807) is 6.92 Å². The summed E-state index contributed by atoms with van der Waals surface area (Å²) in [5.74, 6) is -6.06. The van der Waals surface area contributed by atoms with E-state index in [0.717, 1.165) is 0 Å². The average molecular weight is 370 g/mol. The first-order chi connectivity index (χ1) is 12.7. The standard InChI is InChI=1S/C19H18N2O6/c1-4-27-18(25)14(15(22)13-9-10(2)20-21(13)3)19(26)16(23)11-7-5-6-8-12(11)17(19)24/h5-9,14,26H,4H2,1-3H3. The molecule has 0 aliphatic heterocycles. The summed E-state index contributed by atoms with van der Waals surface area (Å²) in [6.45, 7) is 3.08. The van der Waals surface area contributed by atoms with Crippen LogP contribution in [0.2, 0.25) is 0 Å². The van der Waals surface area contributed by atoms with Gasteiger partial charge in [-0.1, -0.05) is 24.3 Å². The van der Waals surface area contributed by atoms with Crippen LogP contribution in [0.15, 0.2) is 30.3 Å². The second-order valence-corrected chi connectivity index (χ2v) is 6.31. The summed E-state index contributed by atoms with van der Waals surface area (Å²) in [6, 6.07) is 7.21. The number of rotatable bonds is 5. The Bertz CT molecular complexity index is 939. The van der Waals surface area contributed by atoms with Gasteiger partial charge in [-0.2, -0.15) is 5.10 Å². The van der Waals surface area contributed by atoms with Gasteiger partial charge in [0.25, 0.3) is 0 Å². The molecule has 2 aromatic rings. The number of carbonyl (C=O) groups is 4. The lowest BCUT2D eigenvalue weighted by Crippen LogP contribution is -2.55. The number of nitrogens with zero attached hydrogens (tertiary/aromatic N) is 2. The second-order valence-electron chi connectivity index (χ2n) is 6.31. The number of aromatic nitrogens is 2. The molecule has 0 saturated carbocycles. The Morgan fingerprint density at radius 2 is 1.78 bits per heavy atom. The van der Waals surface area contributed by atoms with Crippen LogP contribution in [-0.2, 0) is 16.6 Å². The fourth-order valence-corrected chi connectivity index (χ4v) is 3.34. The summed E-state index contributed by atoms with van der Waals surface area (Å²) >= 11 is 0. The van der Waals surface area contributed by atoms with Crippen LogP contribution in [0.25, 0.3) is 0 Å². The van der Waals surface area contributed by atoms with Crippen molar-refractivity contribution in [1.82, 2.24) is 9.78 Å². The lowest BCUT2D eigenvalue weighted by Gasteiger charge is -2.26. The molecule has 1 N–H and O–H groups in total. The maximum absolute atomic E-state index is 13.1. The van der Waals surface area contributed by atoms with Gasteiger partial charge < -0.3 is 9.84 Å². The normalized spacial score (nSPS) is 16.1. The predicted molar refractivity (Wildman–Crippen MR) is 92.5 cm³/mol. The smallest absolute Gasteiger partial charge is 0.320 e. The molecule has 3 rings (SSSR count). The number of hydrogen-bond acceptors (Lipinski definition) is 7. The van der Waals surface area contributed by atoms with Crippen molar-refractivity contribution in [2.24, 2.45) is 13.0 Å².